The van der Waals surface area contributed by atoms with Gasteiger partial charge in [-0.2, -0.15) is 0 Å². The third kappa shape index (κ3) is 5.33. The highest BCUT2D eigenvalue weighted by Crippen LogP contribution is 2.01. The number of carbonyl (C=O) groups excluding carboxylic acids is 1. The van der Waals surface area contributed by atoms with Gasteiger partial charge in [0.25, 0.3) is 0 Å². The summed E-state index contributed by atoms with van der Waals surface area (Å²) < 4.78 is 0. The number of hydrogen-bond donors (Lipinski definition) is 1. The summed E-state index contributed by atoms with van der Waals surface area (Å²) >= 11 is 0. The molecule has 3 heteroatoms. The molecule has 0 heterocycles. The summed E-state index contributed by atoms with van der Waals surface area (Å²) in [5, 5.41) is 8.23. The molecule has 0 aliphatic carbocycles. The summed E-state index contributed by atoms with van der Waals surface area (Å²) in [6.07, 6.45) is 0.752. The Bertz CT molecular complexity index is 182. The number of allylic oxidation sites excluding steroid dienone is 1. The van der Waals surface area contributed by atoms with E-state index in [4.69, 9.17) is 5.11 Å². The molecule has 3 nitrogen and oxygen atoms in total. The molecule has 0 bridgehead atoms. The lowest BCUT2D eigenvalue weighted by Gasteiger charge is -1.95. The predicted molar refractivity (Wildman–Crippen MR) is 41.3 cm³/mol. The van der Waals surface area contributed by atoms with Crippen LogP contribution in [0.25, 0.3) is 0 Å². The molecule has 0 amide bonds. The zero-order valence-electron chi connectivity index (χ0n) is 6.59. The Morgan fingerprint density at radius 3 is 2.27 bits per heavy atom. The van der Waals surface area contributed by atoms with Crippen molar-refractivity contribution in [2.24, 2.45) is 0 Å². The molecule has 0 saturated carbocycles. The van der Waals surface area contributed by atoms with Crippen molar-refractivity contribution in [1.29, 1.82) is 0 Å². The van der Waals surface area contributed by atoms with Crippen LogP contribution in [-0.2, 0) is 9.59 Å². The van der Waals surface area contributed by atoms with Crippen LogP contribution in [0.3, 0.4) is 0 Å². The molecule has 0 aromatic heterocycles. The number of carboxylic acid groups (broad SMARTS) is 1. The van der Waals surface area contributed by atoms with Gasteiger partial charge in [0.15, 0.2) is 5.78 Å². The monoisotopic (exact) mass is 156 g/mol. The lowest BCUT2D eigenvalue weighted by atomic mass is 10.1. The van der Waals surface area contributed by atoms with Crippen molar-refractivity contribution in [3.8, 4) is 0 Å². The van der Waals surface area contributed by atoms with E-state index in [1.165, 1.54) is 0 Å². The van der Waals surface area contributed by atoms with Gasteiger partial charge in [0.1, 0.15) is 0 Å². The third-order valence-electron chi connectivity index (χ3n) is 1.27. The average Bonchev–Trinajstić information content (AvgIpc) is 1.86. The second-order valence-electron chi connectivity index (χ2n) is 2.45. The maximum absolute atomic E-state index is 10.8. The van der Waals surface area contributed by atoms with Crippen LogP contribution in [0.5, 0.6) is 0 Å². The van der Waals surface area contributed by atoms with Crippen LogP contribution < -0.4 is 0 Å². The molecule has 0 radical (unpaired) electrons. The van der Waals surface area contributed by atoms with Crippen LogP contribution in [0.4, 0.5) is 0 Å². The Hall–Kier alpha value is -1.12. The summed E-state index contributed by atoms with van der Waals surface area (Å²) in [6, 6.07) is 0. The fourth-order valence-electron chi connectivity index (χ4n) is 0.614. The molecule has 0 aromatic carbocycles. The van der Waals surface area contributed by atoms with Crippen molar-refractivity contribution in [2.45, 2.75) is 26.2 Å². The van der Waals surface area contributed by atoms with E-state index in [0.29, 0.717) is 18.4 Å². The smallest absolute Gasteiger partial charge is 0.303 e. The quantitative estimate of drug-likeness (QED) is 0.612. The Labute approximate surface area is 65.7 Å². The maximum Gasteiger partial charge on any atom is 0.303 e. The number of carbonyl (C=O) groups is 2. The summed E-state index contributed by atoms with van der Waals surface area (Å²) in [5.74, 6) is -0.911. The summed E-state index contributed by atoms with van der Waals surface area (Å²) in [5.41, 5.74) is 0.496. The van der Waals surface area contributed by atoms with Crippen molar-refractivity contribution < 1.29 is 14.7 Å². The van der Waals surface area contributed by atoms with Crippen molar-refractivity contribution in [3.05, 3.63) is 12.2 Å². The van der Waals surface area contributed by atoms with Gasteiger partial charge in [0.05, 0.1) is 0 Å². The van der Waals surface area contributed by atoms with Gasteiger partial charge in [0.2, 0.25) is 0 Å². The van der Waals surface area contributed by atoms with Crippen LogP contribution >= 0.6 is 0 Å². The predicted octanol–water partition coefficient (Wildman–Crippen LogP) is 1.39. The number of hydrogen-bond acceptors (Lipinski definition) is 2. The first kappa shape index (κ1) is 9.88. The molecule has 0 rings (SSSR count). The van der Waals surface area contributed by atoms with Crippen LogP contribution in [0.15, 0.2) is 12.2 Å². The van der Waals surface area contributed by atoms with Gasteiger partial charge in [-0.25, -0.2) is 0 Å². The van der Waals surface area contributed by atoms with Gasteiger partial charge in [-0.15, -0.1) is 0 Å². The molecule has 0 unspecified atom stereocenters. The van der Waals surface area contributed by atoms with E-state index < -0.39 is 5.97 Å². The summed E-state index contributed by atoms with van der Waals surface area (Å²) in [6.45, 7) is 5.08. The van der Waals surface area contributed by atoms with Gasteiger partial charge in [0, 0.05) is 12.8 Å². The zero-order valence-corrected chi connectivity index (χ0v) is 6.59. The molecule has 0 spiro atoms. The van der Waals surface area contributed by atoms with Crippen LogP contribution in [0.2, 0.25) is 0 Å². The Morgan fingerprint density at radius 1 is 1.36 bits per heavy atom. The standard InChI is InChI=1S/C8H12O3/c1-6(2)7(9)4-3-5-8(10)11/h1,3-5H2,2H3,(H,10,11). The molecular formula is C8H12O3. The van der Waals surface area contributed by atoms with Gasteiger partial charge < -0.3 is 5.11 Å². The normalized spacial score (nSPS) is 9.18. The van der Waals surface area contributed by atoms with E-state index in [9.17, 15) is 9.59 Å². The molecule has 1 N–H and O–H groups in total. The fraction of sp³-hybridized carbons (Fsp3) is 0.500. The molecule has 62 valence electrons. The van der Waals surface area contributed by atoms with E-state index in [1.54, 1.807) is 6.92 Å². The second-order valence-corrected chi connectivity index (χ2v) is 2.45. The van der Waals surface area contributed by atoms with Crippen LogP contribution in [0.1, 0.15) is 26.2 Å². The van der Waals surface area contributed by atoms with Crippen LogP contribution in [-0.4, -0.2) is 16.9 Å². The SMILES string of the molecule is C=C(C)C(=O)CCCC(=O)O. The number of aliphatic carboxylic acids is 1. The molecule has 0 aliphatic heterocycles. The molecule has 0 atom stereocenters. The number of rotatable bonds is 5. The molecule has 0 aromatic rings. The molecule has 0 aliphatic rings. The van der Waals surface area contributed by atoms with E-state index in [2.05, 4.69) is 6.58 Å². The molecule has 0 saturated heterocycles. The topological polar surface area (TPSA) is 54.4 Å². The largest absolute Gasteiger partial charge is 0.481 e. The molecular weight excluding hydrogens is 144 g/mol. The molecule has 11 heavy (non-hydrogen) atoms. The highest BCUT2D eigenvalue weighted by atomic mass is 16.4. The number of Topliss-reactive ketones (excluding diaryl/α,β-unsaturated/α-hetero) is 1. The van der Waals surface area contributed by atoms with Crippen molar-refractivity contribution in [1.82, 2.24) is 0 Å². The lowest BCUT2D eigenvalue weighted by Crippen LogP contribution is -2.01. The molecule has 0 fully saturated rings. The minimum atomic E-state index is -0.862. The van der Waals surface area contributed by atoms with Gasteiger partial charge in [-0.3, -0.25) is 9.59 Å². The van der Waals surface area contributed by atoms with E-state index >= 15 is 0 Å². The van der Waals surface area contributed by atoms with Crippen molar-refractivity contribution in [3.63, 3.8) is 0 Å². The zero-order chi connectivity index (χ0) is 8.85. The highest BCUT2D eigenvalue weighted by Gasteiger charge is 2.03. The van der Waals surface area contributed by atoms with Gasteiger partial charge in [-0.1, -0.05) is 6.58 Å². The first-order valence-electron chi connectivity index (χ1n) is 3.44. The summed E-state index contributed by atoms with van der Waals surface area (Å²) in [7, 11) is 0. The van der Waals surface area contributed by atoms with Gasteiger partial charge >= 0.3 is 5.97 Å². The van der Waals surface area contributed by atoms with Crippen molar-refractivity contribution in [2.75, 3.05) is 0 Å². The second kappa shape index (κ2) is 4.66. The lowest BCUT2D eigenvalue weighted by molar-refractivity contribution is -0.137. The van der Waals surface area contributed by atoms with E-state index in [-0.39, 0.29) is 12.2 Å². The first-order chi connectivity index (χ1) is 5.04. The van der Waals surface area contributed by atoms with Crippen molar-refractivity contribution >= 4 is 11.8 Å². The minimum absolute atomic E-state index is 0.0498. The Morgan fingerprint density at radius 2 is 1.91 bits per heavy atom. The third-order valence-corrected chi connectivity index (χ3v) is 1.27. The highest BCUT2D eigenvalue weighted by molar-refractivity contribution is 5.94. The minimum Gasteiger partial charge on any atom is -0.481 e. The number of ketones is 1. The van der Waals surface area contributed by atoms with E-state index in [1.807, 2.05) is 0 Å². The van der Waals surface area contributed by atoms with Gasteiger partial charge in [-0.05, 0) is 18.9 Å². The Kier molecular flexibility index (Phi) is 4.18. The van der Waals surface area contributed by atoms with E-state index in [0.717, 1.165) is 0 Å². The number of carboxylic acids is 1. The first-order valence-corrected chi connectivity index (χ1v) is 3.44. The average molecular weight is 156 g/mol. The maximum atomic E-state index is 10.8. The van der Waals surface area contributed by atoms with Crippen LogP contribution in [0, 0.1) is 0 Å². The Balaban J connectivity index is 3.47. The fourth-order valence-corrected chi connectivity index (χ4v) is 0.614. The summed E-state index contributed by atoms with van der Waals surface area (Å²) in [4.78, 5) is 20.8.